The summed E-state index contributed by atoms with van der Waals surface area (Å²) in [5.41, 5.74) is 0. The fourth-order valence-corrected chi connectivity index (χ4v) is 0.937. The number of aliphatic hydroxyl groups is 3. The van der Waals surface area contributed by atoms with Crippen LogP contribution in [0.3, 0.4) is 0 Å². The van der Waals surface area contributed by atoms with Crippen LogP contribution in [0.4, 0.5) is 0 Å². The standard InChI is InChI=1S/C6H15NO3.3HNO3/c1-4(8)7(5(2)9)6(3)10;3*2-1(3)4/h4-6,8-10H,1-3H3;3*(H,2,3,4). The third kappa shape index (κ3) is 52.9. The summed E-state index contributed by atoms with van der Waals surface area (Å²) >= 11 is 0. The van der Waals surface area contributed by atoms with Crippen molar-refractivity contribution in [3.8, 4) is 0 Å². The molecule has 0 aliphatic heterocycles. The van der Waals surface area contributed by atoms with Gasteiger partial charge in [0.15, 0.2) is 0 Å². The molecule has 0 spiro atoms. The van der Waals surface area contributed by atoms with E-state index in [1.54, 1.807) is 0 Å². The lowest BCUT2D eigenvalue weighted by atomic mass is 10.4. The first-order chi connectivity index (χ1) is 9.66. The Bertz CT molecular complexity index is 248. The van der Waals surface area contributed by atoms with E-state index >= 15 is 0 Å². The molecule has 134 valence electrons. The summed E-state index contributed by atoms with van der Waals surface area (Å²) in [6, 6.07) is 0. The van der Waals surface area contributed by atoms with E-state index in [-0.39, 0.29) is 0 Å². The Labute approximate surface area is 122 Å². The Morgan fingerprint density at radius 2 is 0.773 bits per heavy atom. The molecule has 3 atom stereocenters. The van der Waals surface area contributed by atoms with Crippen LogP contribution in [0.1, 0.15) is 20.8 Å². The van der Waals surface area contributed by atoms with Gasteiger partial charge in [-0.3, -0.25) is 0 Å². The van der Waals surface area contributed by atoms with Crippen LogP contribution in [0.2, 0.25) is 0 Å². The van der Waals surface area contributed by atoms with Gasteiger partial charge in [-0.05, 0) is 20.8 Å². The van der Waals surface area contributed by atoms with Gasteiger partial charge >= 0.3 is 0 Å². The second-order valence-electron chi connectivity index (χ2n) is 3.06. The summed E-state index contributed by atoms with van der Waals surface area (Å²) in [7, 11) is 0. The van der Waals surface area contributed by atoms with Gasteiger partial charge in [-0.25, -0.2) is 4.90 Å². The van der Waals surface area contributed by atoms with E-state index in [4.69, 9.17) is 61.3 Å². The molecule has 0 aliphatic rings. The van der Waals surface area contributed by atoms with Crippen molar-refractivity contribution in [3.63, 3.8) is 0 Å². The normalized spacial score (nSPS) is 12.7. The molecule has 0 saturated carbocycles. The summed E-state index contributed by atoms with van der Waals surface area (Å²) < 4.78 is 0. The molecule has 0 aromatic carbocycles. The minimum atomic E-state index is -1.50. The molecule has 0 saturated heterocycles. The number of rotatable bonds is 3. The van der Waals surface area contributed by atoms with Crippen molar-refractivity contribution in [1.82, 2.24) is 4.90 Å². The minimum absolute atomic E-state index is 0.833. The summed E-state index contributed by atoms with van der Waals surface area (Å²) in [6.07, 6.45) is -2.50. The van der Waals surface area contributed by atoms with Crippen LogP contribution in [-0.2, 0) is 0 Å². The van der Waals surface area contributed by atoms with Crippen molar-refractivity contribution >= 4 is 0 Å². The first kappa shape index (κ1) is 27.7. The second kappa shape index (κ2) is 16.5. The molecule has 0 amide bonds. The van der Waals surface area contributed by atoms with Crippen molar-refractivity contribution in [2.45, 2.75) is 39.5 Å². The third-order valence-corrected chi connectivity index (χ3v) is 1.29. The largest absolute Gasteiger partial charge is 0.379 e. The molecular weight excluding hydrogens is 320 g/mol. The van der Waals surface area contributed by atoms with Gasteiger partial charge in [0.05, 0.1) is 0 Å². The van der Waals surface area contributed by atoms with Crippen LogP contribution in [-0.4, -0.2) is 69.8 Å². The van der Waals surface area contributed by atoms with Gasteiger partial charge < -0.3 is 30.9 Å². The number of aliphatic hydroxyl groups excluding tert-OH is 3. The van der Waals surface area contributed by atoms with E-state index in [2.05, 4.69) is 0 Å². The molecule has 0 fully saturated rings. The highest BCUT2D eigenvalue weighted by Gasteiger charge is 2.20. The van der Waals surface area contributed by atoms with E-state index < -0.39 is 33.9 Å². The third-order valence-electron chi connectivity index (χ3n) is 1.29. The van der Waals surface area contributed by atoms with Gasteiger partial charge in [-0.2, -0.15) is 0 Å². The van der Waals surface area contributed by atoms with Gasteiger partial charge in [0.2, 0.25) is 0 Å². The highest BCUT2D eigenvalue weighted by atomic mass is 16.9. The maximum atomic E-state index is 8.96. The zero-order chi connectivity index (χ0) is 19.0. The number of nitrogens with zero attached hydrogens (tertiary/aromatic N) is 4. The van der Waals surface area contributed by atoms with E-state index in [1.165, 1.54) is 25.7 Å². The van der Waals surface area contributed by atoms with Gasteiger partial charge in [-0.15, -0.1) is 30.3 Å². The quantitative estimate of drug-likeness (QED) is 0.190. The van der Waals surface area contributed by atoms with Crippen LogP contribution >= 0.6 is 0 Å². The lowest BCUT2D eigenvalue weighted by Crippen LogP contribution is -2.45. The fraction of sp³-hybridized carbons (Fsp3) is 1.00. The highest BCUT2D eigenvalue weighted by Crippen LogP contribution is 2.04. The summed E-state index contributed by atoms with van der Waals surface area (Å²) in [5, 5.41) is 67.8. The van der Waals surface area contributed by atoms with Crippen LogP contribution in [0.15, 0.2) is 0 Å². The Morgan fingerprint density at radius 3 is 0.773 bits per heavy atom. The van der Waals surface area contributed by atoms with Crippen LogP contribution < -0.4 is 0 Å². The van der Waals surface area contributed by atoms with Crippen LogP contribution in [0, 0.1) is 30.3 Å². The minimum Gasteiger partial charge on any atom is -0.379 e. The molecule has 3 unspecified atom stereocenters. The molecule has 0 radical (unpaired) electrons. The predicted octanol–water partition coefficient (Wildman–Crippen LogP) is -1.74. The van der Waals surface area contributed by atoms with E-state index in [0.717, 1.165) is 0 Å². The Morgan fingerprint density at radius 1 is 0.682 bits per heavy atom. The molecular formula is C6H18N4O12. The fourth-order valence-electron chi connectivity index (χ4n) is 0.937. The lowest BCUT2D eigenvalue weighted by Gasteiger charge is -2.30. The Kier molecular flexibility index (Phi) is 20.8. The van der Waals surface area contributed by atoms with Crippen molar-refractivity contribution in [2.75, 3.05) is 0 Å². The molecule has 0 aliphatic carbocycles. The topological polar surface area (TPSA) is 254 Å². The predicted molar refractivity (Wildman–Crippen MR) is 63.2 cm³/mol. The second-order valence-corrected chi connectivity index (χ2v) is 3.06. The molecule has 0 rings (SSSR count). The van der Waals surface area contributed by atoms with Gasteiger partial charge in [0.25, 0.3) is 15.3 Å². The summed E-state index contributed by atoms with van der Waals surface area (Å²) in [5.74, 6) is 0. The lowest BCUT2D eigenvalue weighted by molar-refractivity contribution is -0.742. The van der Waals surface area contributed by atoms with E-state index in [0.29, 0.717) is 0 Å². The van der Waals surface area contributed by atoms with Crippen molar-refractivity contribution in [2.24, 2.45) is 0 Å². The molecule has 0 aromatic heterocycles. The zero-order valence-corrected chi connectivity index (χ0v) is 11.7. The summed E-state index contributed by atoms with van der Waals surface area (Å²) in [6.45, 7) is 4.46. The molecule has 16 heteroatoms. The first-order valence-corrected chi connectivity index (χ1v) is 4.98. The smallest absolute Gasteiger partial charge is 0.291 e. The number of hydrogen-bond acceptors (Lipinski definition) is 10. The molecule has 0 heterocycles. The molecule has 16 nitrogen and oxygen atoms in total. The zero-order valence-electron chi connectivity index (χ0n) is 11.7. The van der Waals surface area contributed by atoms with Crippen molar-refractivity contribution in [1.29, 1.82) is 0 Å². The van der Waals surface area contributed by atoms with Crippen LogP contribution in [0.25, 0.3) is 0 Å². The molecule has 0 bridgehead atoms. The van der Waals surface area contributed by atoms with Crippen molar-refractivity contribution in [3.05, 3.63) is 30.3 Å². The maximum Gasteiger partial charge on any atom is 0.291 e. The average molecular weight is 338 g/mol. The van der Waals surface area contributed by atoms with Crippen molar-refractivity contribution < 1.29 is 46.2 Å². The summed E-state index contributed by atoms with van der Waals surface area (Å²) in [4.78, 5) is 26.2. The average Bonchev–Trinajstić information content (AvgIpc) is 2.10. The Hall–Kier alpha value is -2.56. The SMILES string of the molecule is CC(O)N(C(C)O)C(C)O.O=[N+]([O-])O.O=[N+]([O-])O.O=[N+]([O-])O. The van der Waals surface area contributed by atoms with Gasteiger partial charge in [0, 0.05) is 0 Å². The van der Waals surface area contributed by atoms with Crippen LogP contribution in [0.5, 0.6) is 0 Å². The van der Waals surface area contributed by atoms with Gasteiger partial charge in [0.1, 0.15) is 18.7 Å². The molecule has 0 aromatic rings. The van der Waals surface area contributed by atoms with E-state index in [1.807, 2.05) is 0 Å². The maximum absolute atomic E-state index is 8.96. The Balaban J connectivity index is -0.000000112. The molecule has 6 N–H and O–H groups in total. The monoisotopic (exact) mass is 338 g/mol. The first-order valence-electron chi connectivity index (χ1n) is 4.98. The molecule has 22 heavy (non-hydrogen) atoms. The number of hydrogen-bond donors (Lipinski definition) is 6. The highest BCUT2D eigenvalue weighted by molar-refractivity contribution is 4.58. The van der Waals surface area contributed by atoms with Gasteiger partial charge in [-0.1, -0.05) is 0 Å². The van der Waals surface area contributed by atoms with E-state index in [9.17, 15) is 0 Å².